The van der Waals surface area contributed by atoms with E-state index in [1.54, 1.807) is 25.1 Å². The number of ether oxygens (including phenoxy) is 3. The van der Waals surface area contributed by atoms with Gasteiger partial charge in [-0.25, -0.2) is 4.39 Å². The summed E-state index contributed by atoms with van der Waals surface area (Å²) in [4.78, 5) is 21.8. The number of hydrogen-bond donors (Lipinski definition) is 1. The third-order valence-electron chi connectivity index (χ3n) is 5.84. The lowest BCUT2D eigenvalue weighted by Gasteiger charge is -2.25. The zero-order chi connectivity index (χ0) is 25.8. The molecule has 1 aliphatic rings. The van der Waals surface area contributed by atoms with Gasteiger partial charge in [0.1, 0.15) is 18.2 Å². The number of amides is 1. The molecule has 37 heavy (non-hydrogen) atoms. The van der Waals surface area contributed by atoms with Crippen molar-refractivity contribution in [2.75, 3.05) is 25.6 Å². The van der Waals surface area contributed by atoms with Gasteiger partial charge < -0.3 is 14.2 Å². The molecule has 0 atom stereocenters. The van der Waals surface area contributed by atoms with Gasteiger partial charge in [0.25, 0.3) is 11.1 Å². The van der Waals surface area contributed by atoms with Crippen LogP contribution in [0.2, 0.25) is 0 Å². The first kappa shape index (κ1) is 24.7. The highest BCUT2D eigenvalue weighted by Crippen LogP contribution is 2.35. The number of halogens is 1. The second-order valence-corrected chi connectivity index (χ2v) is 9.51. The van der Waals surface area contributed by atoms with Crippen molar-refractivity contribution in [3.8, 4) is 22.1 Å². The van der Waals surface area contributed by atoms with Gasteiger partial charge in [-0.2, -0.15) is 0 Å². The molecule has 1 amide bonds. The van der Waals surface area contributed by atoms with E-state index in [1.165, 1.54) is 19.4 Å². The molecule has 0 aliphatic carbocycles. The first-order valence-corrected chi connectivity index (χ1v) is 12.4. The summed E-state index contributed by atoms with van der Waals surface area (Å²) >= 11 is 1.08. The van der Waals surface area contributed by atoms with Crippen LogP contribution in [0.3, 0.4) is 0 Å². The Balaban J connectivity index is 1.25. The minimum absolute atomic E-state index is 0.171. The van der Waals surface area contributed by atoms with Crippen molar-refractivity contribution in [1.82, 2.24) is 20.2 Å². The van der Waals surface area contributed by atoms with Crippen LogP contribution in [-0.2, 0) is 17.8 Å². The molecule has 0 saturated carbocycles. The van der Waals surface area contributed by atoms with Crippen LogP contribution in [-0.4, -0.2) is 46.4 Å². The number of anilines is 1. The Labute approximate surface area is 216 Å². The van der Waals surface area contributed by atoms with Crippen LogP contribution in [0.15, 0.2) is 48.8 Å². The van der Waals surface area contributed by atoms with Crippen LogP contribution < -0.4 is 14.8 Å². The maximum absolute atomic E-state index is 14.8. The molecule has 0 unspecified atom stereocenters. The maximum Gasteiger partial charge on any atom is 0.296 e. The van der Waals surface area contributed by atoms with Gasteiger partial charge in [-0.3, -0.25) is 20.1 Å². The molecule has 1 saturated heterocycles. The van der Waals surface area contributed by atoms with Crippen LogP contribution in [0.25, 0.3) is 11.1 Å². The van der Waals surface area contributed by atoms with E-state index in [-0.39, 0.29) is 28.1 Å². The number of aryl methyl sites for hydroxylation is 1. The van der Waals surface area contributed by atoms with Gasteiger partial charge >= 0.3 is 0 Å². The van der Waals surface area contributed by atoms with Gasteiger partial charge in [-0.05, 0) is 54.5 Å². The maximum atomic E-state index is 14.8. The highest BCUT2D eigenvalue weighted by molar-refractivity contribution is 7.17. The lowest BCUT2D eigenvalue weighted by atomic mass is 9.98. The van der Waals surface area contributed by atoms with Gasteiger partial charge in [0.2, 0.25) is 5.13 Å². The molecule has 0 spiro atoms. The lowest BCUT2D eigenvalue weighted by molar-refractivity contribution is -0.0312. The summed E-state index contributed by atoms with van der Waals surface area (Å²) in [6, 6.07) is 10.1. The third-order valence-corrected chi connectivity index (χ3v) is 6.59. The van der Waals surface area contributed by atoms with Gasteiger partial charge in [0, 0.05) is 29.6 Å². The largest absolute Gasteiger partial charge is 0.496 e. The lowest BCUT2D eigenvalue weighted by Crippen LogP contribution is -2.29. The van der Waals surface area contributed by atoms with Crippen LogP contribution in [0, 0.1) is 18.7 Å². The number of pyridine rings is 2. The molecule has 0 bridgehead atoms. The minimum atomic E-state index is -0.510. The predicted molar refractivity (Wildman–Crippen MR) is 135 cm³/mol. The molecule has 4 heterocycles. The Kier molecular flexibility index (Phi) is 7.33. The van der Waals surface area contributed by atoms with E-state index in [2.05, 4.69) is 25.5 Å². The number of carbonyl (C=O) groups excluding carboxylic acids is 1. The number of rotatable bonds is 9. The Bertz CT molecular complexity index is 1410. The molecule has 0 radical (unpaired) electrons. The average Bonchev–Trinajstić information content (AvgIpc) is 3.32. The van der Waals surface area contributed by atoms with Gasteiger partial charge in [-0.1, -0.05) is 17.2 Å². The van der Waals surface area contributed by atoms with E-state index >= 15 is 0 Å². The Morgan fingerprint density at radius 1 is 1.19 bits per heavy atom. The van der Waals surface area contributed by atoms with Crippen LogP contribution >= 0.6 is 11.3 Å². The summed E-state index contributed by atoms with van der Waals surface area (Å²) in [5.74, 6) is -0.140. The number of methoxy groups -OCH3 is 1. The van der Waals surface area contributed by atoms with Crippen LogP contribution in [0.5, 0.6) is 10.9 Å². The second kappa shape index (κ2) is 11.0. The smallest absolute Gasteiger partial charge is 0.296 e. The van der Waals surface area contributed by atoms with Gasteiger partial charge in [0.15, 0.2) is 0 Å². The standard InChI is InChI=1S/C26H24FN5O4S/c1-15-8-19(23-21(27)4-3-5-22(23)34-2)20(11-28-15)24(33)30-25-31-32-26(37-25)36-14-18-7-6-16(10-29-18)9-17-12-35-13-17/h3-8,10-11,17H,9,12-14H2,1-2H3,(H,30,31,33). The summed E-state index contributed by atoms with van der Waals surface area (Å²) in [5.41, 5.74) is 3.26. The van der Waals surface area contributed by atoms with E-state index in [4.69, 9.17) is 14.2 Å². The highest BCUT2D eigenvalue weighted by atomic mass is 32.1. The highest BCUT2D eigenvalue weighted by Gasteiger charge is 2.22. The molecular formula is C26H24FN5O4S. The minimum Gasteiger partial charge on any atom is -0.496 e. The molecule has 3 aromatic heterocycles. The average molecular weight is 522 g/mol. The van der Waals surface area contributed by atoms with Crippen molar-refractivity contribution in [3.05, 3.63) is 77.1 Å². The Morgan fingerprint density at radius 2 is 2.05 bits per heavy atom. The van der Waals surface area contributed by atoms with E-state index < -0.39 is 11.7 Å². The summed E-state index contributed by atoms with van der Waals surface area (Å²) in [5, 5.41) is 11.2. The molecule has 11 heteroatoms. The molecule has 190 valence electrons. The van der Waals surface area contributed by atoms with E-state index in [0.717, 1.165) is 42.2 Å². The van der Waals surface area contributed by atoms with Crippen molar-refractivity contribution in [3.63, 3.8) is 0 Å². The number of benzene rings is 1. The number of nitrogens with one attached hydrogen (secondary N) is 1. The number of carbonyl (C=O) groups is 1. The van der Waals surface area contributed by atoms with Crippen LogP contribution in [0.4, 0.5) is 9.52 Å². The second-order valence-electron chi connectivity index (χ2n) is 8.57. The molecule has 4 aromatic rings. The van der Waals surface area contributed by atoms with Crippen molar-refractivity contribution in [2.45, 2.75) is 20.0 Å². The van der Waals surface area contributed by atoms with Crippen molar-refractivity contribution in [1.29, 1.82) is 0 Å². The summed E-state index contributed by atoms with van der Waals surface area (Å²) < 4.78 is 31.0. The fourth-order valence-electron chi connectivity index (χ4n) is 3.90. The van der Waals surface area contributed by atoms with Crippen molar-refractivity contribution in [2.24, 2.45) is 5.92 Å². The summed E-state index contributed by atoms with van der Waals surface area (Å²) in [6.45, 7) is 3.59. The monoisotopic (exact) mass is 521 g/mol. The molecule has 5 rings (SSSR count). The first-order valence-electron chi connectivity index (χ1n) is 11.6. The zero-order valence-corrected chi connectivity index (χ0v) is 21.0. The van der Waals surface area contributed by atoms with Crippen molar-refractivity contribution >= 4 is 22.4 Å². The normalized spacial score (nSPS) is 13.2. The topological polar surface area (TPSA) is 108 Å². The SMILES string of the molecule is COc1cccc(F)c1-c1cc(C)ncc1C(=O)Nc1nnc(OCc2ccc(CC3COC3)cn2)s1. The van der Waals surface area contributed by atoms with E-state index in [1.807, 2.05) is 18.3 Å². The van der Waals surface area contributed by atoms with Gasteiger partial charge in [0.05, 0.1) is 37.1 Å². The number of nitrogens with zero attached hydrogens (tertiary/aromatic N) is 4. The quantitative estimate of drug-likeness (QED) is 0.344. The zero-order valence-electron chi connectivity index (χ0n) is 20.2. The summed E-state index contributed by atoms with van der Waals surface area (Å²) in [7, 11) is 1.45. The third kappa shape index (κ3) is 5.73. The predicted octanol–water partition coefficient (Wildman–Crippen LogP) is 4.47. The molecular weight excluding hydrogens is 497 g/mol. The number of aromatic nitrogens is 4. The van der Waals surface area contributed by atoms with Crippen LogP contribution in [0.1, 0.15) is 27.3 Å². The Hall–Kier alpha value is -3.96. The number of hydrogen-bond acceptors (Lipinski definition) is 9. The van der Waals surface area contributed by atoms with E-state index in [9.17, 15) is 9.18 Å². The van der Waals surface area contributed by atoms with E-state index in [0.29, 0.717) is 22.9 Å². The molecule has 9 nitrogen and oxygen atoms in total. The fourth-order valence-corrected chi connectivity index (χ4v) is 4.49. The summed E-state index contributed by atoms with van der Waals surface area (Å²) in [6.07, 6.45) is 4.20. The molecule has 1 N–H and O–H groups in total. The molecule has 1 aromatic carbocycles. The fraction of sp³-hybridized carbons (Fsp3) is 0.269. The molecule has 1 fully saturated rings. The molecule has 1 aliphatic heterocycles. The van der Waals surface area contributed by atoms with Gasteiger partial charge in [-0.15, -0.1) is 5.10 Å². The van der Waals surface area contributed by atoms with Crippen molar-refractivity contribution < 1.29 is 23.4 Å². The first-order chi connectivity index (χ1) is 18.0. The Morgan fingerprint density at radius 3 is 2.78 bits per heavy atom.